The van der Waals surface area contributed by atoms with Crippen LogP contribution in [0.3, 0.4) is 0 Å². The van der Waals surface area contributed by atoms with Gasteiger partial charge in [-0.1, -0.05) is 13.0 Å². The summed E-state index contributed by atoms with van der Waals surface area (Å²) >= 11 is 0. The van der Waals surface area contributed by atoms with Crippen LogP contribution in [0.2, 0.25) is 0 Å². The van der Waals surface area contributed by atoms with Gasteiger partial charge in [0.15, 0.2) is 0 Å². The average Bonchev–Trinajstić information content (AvgIpc) is 2.25. The summed E-state index contributed by atoms with van der Waals surface area (Å²) in [5.41, 5.74) is 3.72. The van der Waals surface area contributed by atoms with Crippen LogP contribution in [0.4, 0.5) is 0 Å². The highest BCUT2D eigenvalue weighted by Crippen LogP contribution is 2.26. The van der Waals surface area contributed by atoms with E-state index in [1.54, 1.807) is 0 Å². The molecule has 0 amide bonds. The molecule has 0 fully saturated rings. The van der Waals surface area contributed by atoms with Crippen molar-refractivity contribution in [2.75, 3.05) is 0 Å². The second kappa shape index (κ2) is 5.41. The molecule has 0 saturated carbocycles. The lowest BCUT2D eigenvalue weighted by molar-refractivity contribution is 0.554. The maximum Gasteiger partial charge on any atom is 0.241 e. The van der Waals surface area contributed by atoms with E-state index in [0.717, 1.165) is 28.7 Å². The minimum absolute atomic E-state index is 0.0466. The van der Waals surface area contributed by atoms with Gasteiger partial charge in [0.05, 0.1) is 4.90 Å². The smallest absolute Gasteiger partial charge is 0.208 e. The summed E-state index contributed by atoms with van der Waals surface area (Å²) in [4.78, 5) is 0.445. The zero-order valence-electron chi connectivity index (χ0n) is 12.1. The molecule has 0 radical (unpaired) electrons. The van der Waals surface area contributed by atoms with Crippen LogP contribution in [-0.4, -0.2) is 14.5 Å². The number of benzene rings is 1. The molecule has 4 heteroatoms. The SMILES string of the molecule is CCC(C)NS(=O)(=O)c1c(C)c(C)cc(C)c1C. The molecule has 0 aromatic heterocycles. The van der Waals surface area contributed by atoms with E-state index in [9.17, 15) is 8.42 Å². The normalized spacial score (nSPS) is 13.7. The van der Waals surface area contributed by atoms with E-state index in [1.165, 1.54) is 0 Å². The van der Waals surface area contributed by atoms with Crippen LogP contribution < -0.4 is 4.72 Å². The van der Waals surface area contributed by atoms with Gasteiger partial charge in [-0.05, 0) is 63.3 Å². The summed E-state index contributed by atoms with van der Waals surface area (Å²) in [6.07, 6.45) is 0.780. The van der Waals surface area contributed by atoms with Crippen molar-refractivity contribution in [2.24, 2.45) is 0 Å². The first-order valence-electron chi connectivity index (χ1n) is 6.30. The van der Waals surface area contributed by atoms with Crippen molar-refractivity contribution in [2.45, 2.75) is 58.9 Å². The van der Waals surface area contributed by atoms with Crippen LogP contribution in [0.5, 0.6) is 0 Å². The molecule has 1 aromatic carbocycles. The molecule has 0 heterocycles. The molecule has 18 heavy (non-hydrogen) atoms. The highest BCUT2D eigenvalue weighted by molar-refractivity contribution is 7.89. The topological polar surface area (TPSA) is 46.2 Å². The predicted octanol–water partition coefficient (Wildman–Crippen LogP) is 3.00. The molecule has 0 bridgehead atoms. The fraction of sp³-hybridized carbons (Fsp3) is 0.571. The van der Waals surface area contributed by atoms with Crippen molar-refractivity contribution < 1.29 is 8.42 Å². The lowest BCUT2D eigenvalue weighted by atomic mass is 10.0. The lowest BCUT2D eigenvalue weighted by Gasteiger charge is -2.18. The molecule has 102 valence electrons. The Balaban J connectivity index is 3.41. The van der Waals surface area contributed by atoms with Gasteiger partial charge < -0.3 is 0 Å². The Hall–Kier alpha value is -0.870. The van der Waals surface area contributed by atoms with Crippen LogP contribution in [0.25, 0.3) is 0 Å². The van der Waals surface area contributed by atoms with E-state index in [4.69, 9.17) is 0 Å². The fourth-order valence-electron chi connectivity index (χ4n) is 1.99. The summed E-state index contributed by atoms with van der Waals surface area (Å²) in [5, 5.41) is 0. The zero-order valence-corrected chi connectivity index (χ0v) is 12.9. The van der Waals surface area contributed by atoms with E-state index < -0.39 is 10.0 Å². The Bertz CT molecular complexity index is 521. The number of nitrogens with one attached hydrogen (secondary N) is 1. The van der Waals surface area contributed by atoms with Gasteiger partial charge >= 0.3 is 0 Å². The predicted molar refractivity (Wildman–Crippen MR) is 75.5 cm³/mol. The summed E-state index contributed by atoms with van der Waals surface area (Å²) in [7, 11) is -3.43. The van der Waals surface area contributed by atoms with Gasteiger partial charge in [-0.3, -0.25) is 0 Å². The molecule has 1 rings (SSSR count). The van der Waals surface area contributed by atoms with Gasteiger partial charge in [0.25, 0.3) is 0 Å². The number of sulfonamides is 1. The fourth-order valence-corrected chi connectivity index (χ4v) is 3.93. The van der Waals surface area contributed by atoms with E-state index in [-0.39, 0.29) is 6.04 Å². The Labute approximate surface area is 111 Å². The van der Waals surface area contributed by atoms with Crippen molar-refractivity contribution in [3.63, 3.8) is 0 Å². The van der Waals surface area contributed by atoms with Crippen molar-refractivity contribution in [3.05, 3.63) is 28.3 Å². The highest BCUT2D eigenvalue weighted by atomic mass is 32.2. The maximum absolute atomic E-state index is 12.4. The van der Waals surface area contributed by atoms with Gasteiger partial charge in [-0.2, -0.15) is 0 Å². The molecule has 1 N–H and O–H groups in total. The van der Waals surface area contributed by atoms with Crippen LogP contribution in [0, 0.1) is 27.7 Å². The van der Waals surface area contributed by atoms with Crippen LogP contribution >= 0.6 is 0 Å². The molecule has 0 saturated heterocycles. The number of rotatable bonds is 4. The summed E-state index contributed by atoms with van der Waals surface area (Å²) in [5.74, 6) is 0. The van der Waals surface area contributed by atoms with E-state index in [2.05, 4.69) is 4.72 Å². The zero-order chi connectivity index (χ0) is 14.1. The van der Waals surface area contributed by atoms with E-state index in [1.807, 2.05) is 47.6 Å². The van der Waals surface area contributed by atoms with Gasteiger partial charge in [0, 0.05) is 6.04 Å². The molecule has 0 aliphatic rings. The van der Waals surface area contributed by atoms with Crippen molar-refractivity contribution in [1.29, 1.82) is 0 Å². The number of aryl methyl sites for hydroxylation is 2. The molecule has 0 aliphatic heterocycles. The third-order valence-electron chi connectivity index (χ3n) is 3.53. The molecule has 0 aliphatic carbocycles. The first kappa shape index (κ1) is 15.2. The quantitative estimate of drug-likeness (QED) is 0.913. The molecule has 1 unspecified atom stereocenters. The standard InChI is InChI=1S/C14H23NO2S/c1-7-11(4)15-18(16,17)14-12(5)9(2)8-10(3)13(14)6/h8,11,15H,7H2,1-6H3. The van der Waals surface area contributed by atoms with Gasteiger partial charge in [-0.15, -0.1) is 0 Å². The number of hydrogen-bond donors (Lipinski definition) is 1. The Morgan fingerprint density at radius 3 is 1.94 bits per heavy atom. The summed E-state index contributed by atoms with van der Waals surface area (Å²) in [6, 6.07) is 1.99. The average molecular weight is 269 g/mol. The first-order chi connectivity index (χ1) is 8.20. The Morgan fingerprint density at radius 2 is 1.56 bits per heavy atom. The third-order valence-corrected chi connectivity index (χ3v) is 5.40. The second-order valence-electron chi connectivity index (χ2n) is 5.02. The van der Waals surface area contributed by atoms with Crippen molar-refractivity contribution in [3.8, 4) is 0 Å². The maximum atomic E-state index is 12.4. The monoisotopic (exact) mass is 269 g/mol. The highest BCUT2D eigenvalue weighted by Gasteiger charge is 2.23. The lowest BCUT2D eigenvalue weighted by Crippen LogP contribution is -2.33. The second-order valence-corrected chi connectivity index (χ2v) is 6.67. The van der Waals surface area contributed by atoms with Gasteiger partial charge in [-0.25, -0.2) is 13.1 Å². The molecular weight excluding hydrogens is 246 g/mol. The summed E-state index contributed by atoms with van der Waals surface area (Å²) in [6.45, 7) is 11.5. The van der Waals surface area contributed by atoms with Crippen LogP contribution in [-0.2, 0) is 10.0 Å². The summed E-state index contributed by atoms with van der Waals surface area (Å²) < 4.78 is 27.6. The Morgan fingerprint density at radius 1 is 1.11 bits per heavy atom. The minimum Gasteiger partial charge on any atom is -0.208 e. The third kappa shape index (κ3) is 2.93. The number of hydrogen-bond acceptors (Lipinski definition) is 2. The van der Waals surface area contributed by atoms with Crippen molar-refractivity contribution >= 4 is 10.0 Å². The van der Waals surface area contributed by atoms with Crippen molar-refractivity contribution in [1.82, 2.24) is 4.72 Å². The largest absolute Gasteiger partial charge is 0.241 e. The first-order valence-corrected chi connectivity index (χ1v) is 7.78. The van der Waals surface area contributed by atoms with Gasteiger partial charge in [0.2, 0.25) is 10.0 Å². The molecule has 1 aromatic rings. The van der Waals surface area contributed by atoms with Crippen LogP contribution in [0.15, 0.2) is 11.0 Å². The Kier molecular flexibility index (Phi) is 4.56. The van der Waals surface area contributed by atoms with Gasteiger partial charge in [0.1, 0.15) is 0 Å². The molecule has 0 spiro atoms. The molecular formula is C14H23NO2S. The molecule has 1 atom stereocenters. The van der Waals surface area contributed by atoms with E-state index in [0.29, 0.717) is 4.90 Å². The minimum atomic E-state index is -3.43. The van der Waals surface area contributed by atoms with E-state index >= 15 is 0 Å². The van der Waals surface area contributed by atoms with Crippen LogP contribution in [0.1, 0.15) is 42.5 Å². The molecule has 3 nitrogen and oxygen atoms in total.